The lowest BCUT2D eigenvalue weighted by Crippen LogP contribution is -2.36. The Morgan fingerprint density at radius 2 is 1.67 bits per heavy atom. The number of hydrogen-bond acceptors (Lipinski definition) is 4. The van der Waals surface area contributed by atoms with Crippen molar-refractivity contribution in [2.24, 2.45) is 0 Å². The van der Waals surface area contributed by atoms with Gasteiger partial charge in [-0.1, -0.05) is 35.9 Å². The van der Waals surface area contributed by atoms with E-state index in [0.717, 1.165) is 38.6 Å². The summed E-state index contributed by atoms with van der Waals surface area (Å²) in [6.45, 7) is 7.33. The molecule has 6 heteroatoms. The average Bonchev–Trinajstić information content (AvgIpc) is 3.05. The third-order valence-corrected chi connectivity index (χ3v) is 4.82. The molecule has 138 valence electrons. The largest absolute Gasteiger partial charge is 0.433 e. The Morgan fingerprint density at radius 3 is 2.30 bits per heavy atom. The molecule has 3 aromatic rings. The van der Waals surface area contributed by atoms with Crippen molar-refractivity contribution < 1.29 is 14.3 Å². The van der Waals surface area contributed by atoms with Crippen molar-refractivity contribution in [3.8, 4) is 11.3 Å². The summed E-state index contributed by atoms with van der Waals surface area (Å²) >= 11 is 0. The molecule has 0 radical (unpaired) electrons. The molecule has 1 aromatic carbocycles. The van der Waals surface area contributed by atoms with E-state index in [1.807, 2.05) is 60.8 Å². The zero-order valence-electron chi connectivity index (χ0n) is 15.8. The second kappa shape index (κ2) is 5.94. The molecular formula is C21H21N3O3. The number of fused-ring (bicyclic) bond motifs is 1. The summed E-state index contributed by atoms with van der Waals surface area (Å²) in [6, 6.07) is 12.0. The number of carbonyl (C=O) groups excluding carboxylic acids is 2. The standard InChI is InChI=1S/C21H21N3O3/c1-13-5-8-15(9-6-13)18-16(23-11-14(2)7-10-17(23)22-18)12-24-19(25)21(3,4)27-20(24)26/h5-11H,12H2,1-4H3. The highest BCUT2D eigenvalue weighted by Gasteiger charge is 2.47. The monoisotopic (exact) mass is 363 g/mol. The van der Waals surface area contributed by atoms with E-state index in [9.17, 15) is 9.59 Å². The van der Waals surface area contributed by atoms with E-state index in [-0.39, 0.29) is 12.5 Å². The second-order valence-corrected chi connectivity index (χ2v) is 7.48. The number of cyclic esters (lactones) is 1. The molecule has 0 saturated carbocycles. The summed E-state index contributed by atoms with van der Waals surface area (Å²) in [6.07, 6.45) is 1.34. The van der Waals surface area contributed by atoms with Crippen LogP contribution in [0.25, 0.3) is 16.9 Å². The van der Waals surface area contributed by atoms with E-state index < -0.39 is 11.7 Å². The van der Waals surface area contributed by atoms with Gasteiger partial charge < -0.3 is 9.14 Å². The Hall–Kier alpha value is -3.15. The first-order chi connectivity index (χ1) is 12.8. The molecule has 1 saturated heterocycles. The molecule has 6 nitrogen and oxygen atoms in total. The molecule has 0 aliphatic carbocycles. The van der Waals surface area contributed by atoms with E-state index in [2.05, 4.69) is 0 Å². The summed E-state index contributed by atoms with van der Waals surface area (Å²) in [4.78, 5) is 30.8. The van der Waals surface area contributed by atoms with Crippen molar-refractivity contribution in [2.75, 3.05) is 0 Å². The van der Waals surface area contributed by atoms with E-state index >= 15 is 0 Å². The molecule has 3 heterocycles. The lowest BCUT2D eigenvalue weighted by Gasteiger charge is -2.15. The van der Waals surface area contributed by atoms with Gasteiger partial charge in [0.05, 0.1) is 17.9 Å². The SMILES string of the molecule is Cc1ccc(-c2nc3ccc(C)cn3c2CN2C(=O)OC(C)(C)C2=O)cc1. The van der Waals surface area contributed by atoms with Gasteiger partial charge in [0.2, 0.25) is 0 Å². The molecule has 0 bridgehead atoms. The van der Waals surface area contributed by atoms with Crippen molar-refractivity contribution in [1.82, 2.24) is 14.3 Å². The molecule has 0 spiro atoms. The van der Waals surface area contributed by atoms with Crippen molar-refractivity contribution in [3.63, 3.8) is 0 Å². The number of ether oxygens (including phenoxy) is 1. The van der Waals surface area contributed by atoms with Crippen LogP contribution in [-0.4, -0.2) is 31.9 Å². The molecule has 1 fully saturated rings. The first-order valence-electron chi connectivity index (χ1n) is 8.86. The molecule has 4 rings (SSSR count). The topological polar surface area (TPSA) is 63.9 Å². The number of rotatable bonds is 3. The van der Waals surface area contributed by atoms with Gasteiger partial charge in [0, 0.05) is 11.8 Å². The number of imidazole rings is 1. The summed E-state index contributed by atoms with van der Waals surface area (Å²) < 4.78 is 7.17. The van der Waals surface area contributed by atoms with Crippen LogP contribution in [0.4, 0.5) is 4.79 Å². The second-order valence-electron chi connectivity index (χ2n) is 7.48. The molecule has 0 atom stereocenters. The number of nitrogens with zero attached hydrogens (tertiary/aromatic N) is 3. The van der Waals surface area contributed by atoms with Crippen molar-refractivity contribution in [3.05, 3.63) is 59.4 Å². The highest BCUT2D eigenvalue weighted by Crippen LogP contribution is 2.30. The fourth-order valence-corrected chi connectivity index (χ4v) is 3.30. The van der Waals surface area contributed by atoms with E-state index in [0.29, 0.717) is 0 Å². The molecule has 0 unspecified atom stereocenters. The molecule has 27 heavy (non-hydrogen) atoms. The summed E-state index contributed by atoms with van der Waals surface area (Å²) in [5.41, 5.74) is 4.32. The normalized spacial score (nSPS) is 16.2. The van der Waals surface area contributed by atoms with E-state index in [1.54, 1.807) is 13.8 Å². The summed E-state index contributed by atoms with van der Waals surface area (Å²) in [5.74, 6) is -0.343. The van der Waals surface area contributed by atoms with Gasteiger partial charge in [0.25, 0.3) is 5.91 Å². The number of carbonyl (C=O) groups is 2. The van der Waals surface area contributed by atoms with Gasteiger partial charge in [-0.2, -0.15) is 0 Å². The maximum atomic E-state index is 12.6. The van der Waals surface area contributed by atoms with Gasteiger partial charge in [-0.05, 0) is 39.3 Å². The Balaban J connectivity index is 1.86. The lowest BCUT2D eigenvalue weighted by molar-refractivity contribution is -0.134. The Kier molecular flexibility index (Phi) is 3.80. The number of imide groups is 1. The van der Waals surface area contributed by atoms with E-state index in [4.69, 9.17) is 9.72 Å². The Bertz CT molecular complexity index is 1060. The number of aryl methyl sites for hydroxylation is 2. The average molecular weight is 363 g/mol. The molecule has 2 aromatic heterocycles. The summed E-state index contributed by atoms with van der Waals surface area (Å²) in [7, 11) is 0. The smallest absolute Gasteiger partial charge is 0.418 e. The third kappa shape index (κ3) is 2.87. The van der Waals surface area contributed by atoms with Gasteiger partial charge in [-0.15, -0.1) is 0 Å². The van der Waals surface area contributed by atoms with Crippen LogP contribution in [0.15, 0.2) is 42.6 Å². The quantitative estimate of drug-likeness (QED) is 0.708. The number of pyridine rings is 1. The predicted octanol–water partition coefficient (Wildman–Crippen LogP) is 3.88. The fraction of sp³-hybridized carbons (Fsp3) is 0.286. The van der Waals surface area contributed by atoms with Crippen molar-refractivity contribution in [1.29, 1.82) is 0 Å². The molecule has 2 amide bonds. The minimum absolute atomic E-state index is 0.106. The number of hydrogen-bond donors (Lipinski definition) is 0. The Labute approximate surface area is 157 Å². The number of amides is 2. The number of aromatic nitrogens is 2. The van der Waals surface area contributed by atoms with Crippen molar-refractivity contribution >= 4 is 17.6 Å². The lowest BCUT2D eigenvalue weighted by atomic mass is 10.1. The van der Waals surface area contributed by atoms with Crippen LogP contribution in [-0.2, 0) is 16.1 Å². The zero-order chi connectivity index (χ0) is 19.3. The highest BCUT2D eigenvalue weighted by atomic mass is 16.6. The maximum absolute atomic E-state index is 12.6. The Morgan fingerprint density at radius 1 is 1.00 bits per heavy atom. The van der Waals surface area contributed by atoms with Crippen LogP contribution in [0.5, 0.6) is 0 Å². The van der Waals surface area contributed by atoms with E-state index in [1.165, 1.54) is 0 Å². The van der Waals surface area contributed by atoms with Gasteiger partial charge in [0.15, 0.2) is 5.60 Å². The highest BCUT2D eigenvalue weighted by molar-refractivity contribution is 6.02. The van der Waals surface area contributed by atoms with Crippen LogP contribution in [0.1, 0.15) is 30.7 Å². The van der Waals surface area contributed by atoms with Crippen LogP contribution in [0.2, 0.25) is 0 Å². The molecular weight excluding hydrogens is 342 g/mol. The predicted molar refractivity (Wildman–Crippen MR) is 101 cm³/mol. The number of benzene rings is 1. The minimum atomic E-state index is -1.14. The first-order valence-corrected chi connectivity index (χ1v) is 8.86. The molecule has 1 aliphatic rings. The minimum Gasteiger partial charge on any atom is -0.433 e. The molecule has 0 N–H and O–H groups in total. The van der Waals surface area contributed by atoms with Crippen molar-refractivity contribution in [2.45, 2.75) is 39.8 Å². The first kappa shape index (κ1) is 17.3. The van der Waals surface area contributed by atoms with Crippen LogP contribution < -0.4 is 0 Å². The van der Waals surface area contributed by atoms with Gasteiger partial charge in [-0.3, -0.25) is 4.79 Å². The fourth-order valence-electron chi connectivity index (χ4n) is 3.30. The van der Waals surface area contributed by atoms with Crippen LogP contribution in [0, 0.1) is 13.8 Å². The van der Waals surface area contributed by atoms with Gasteiger partial charge in [0.1, 0.15) is 5.65 Å². The third-order valence-electron chi connectivity index (χ3n) is 4.82. The van der Waals surface area contributed by atoms with Gasteiger partial charge >= 0.3 is 6.09 Å². The molecule has 1 aliphatic heterocycles. The van der Waals surface area contributed by atoms with Gasteiger partial charge in [-0.25, -0.2) is 14.7 Å². The maximum Gasteiger partial charge on any atom is 0.418 e. The summed E-state index contributed by atoms with van der Waals surface area (Å²) in [5, 5.41) is 0. The van der Waals surface area contributed by atoms with Crippen LogP contribution in [0.3, 0.4) is 0 Å². The zero-order valence-corrected chi connectivity index (χ0v) is 15.8. The van der Waals surface area contributed by atoms with Crippen LogP contribution >= 0.6 is 0 Å².